The molecule has 0 atom stereocenters. The number of carbonyl (C=O) groups is 2. The normalized spacial score (nSPS) is 8.56. The quantitative estimate of drug-likeness (QED) is 0.307. The number of hydrogen-bond acceptors (Lipinski definition) is 4. The van der Waals surface area contributed by atoms with E-state index < -0.39 is 17.7 Å². The largest absolute Gasteiger partial charge is 0.502 e. The van der Waals surface area contributed by atoms with Crippen molar-refractivity contribution < 1.29 is 30.0 Å². The molecule has 0 aliphatic heterocycles. The number of aliphatic carboxylic acids is 2. The molecular formula is C10H16O6. The van der Waals surface area contributed by atoms with Crippen molar-refractivity contribution >= 4 is 11.9 Å². The molecule has 0 spiro atoms. The van der Waals surface area contributed by atoms with Gasteiger partial charge < -0.3 is 20.4 Å². The lowest BCUT2D eigenvalue weighted by molar-refractivity contribution is -0.135. The summed E-state index contributed by atoms with van der Waals surface area (Å²) in [6.07, 6.45) is 1.81. The van der Waals surface area contributed by atoms with E-state index in [0.29, 0.717) is 19.3 Å². The van der Waals surface area contributed by atoms with Crippen molar-refractivity contribution in [2.45, 2.75) is 19.3 Å². The molecule has 0 unspecified atom stereocenters. The minimum Gasteiger partial charge on any atom is -0.502 e. The summed E-state index contributed by atoms with van der Waals surface area (Å²) in [5.41, 5.74) is 0.216. The van der Waals surface area contributed by atoms with E-state index in [2.05, 4.69) is 13.2 Å². The Kier molecular flexibility index (Phi) is 10.1. The molecule has 0 saturated carbocycles. The Bertz CT molecular complexity index is 256. The number of rotatable bonds is 6. The zero-order valence-electron chi connectivity index (χ0n) is 8.85. The molecule has 0 saturated heterocycles. The van der Waals surface area contributed by atoms with E-state index in [4.69, 9.17) is 20.4 Å². The van der Waals surface area contributed by atoms with E-state index in [1.807, 2.05) is 0 Å². The molecule has 92 valence electrons. The molecule has 0 amide bonds. The fraction of sp³-hybridized carbons (Fsp3) is 0.400. The lowest BCUT2D eigenvalue weighted by Gasteiger charge is -1.96. The Balaban J connectivity index is 0. The molecule has 6 nitrogen and oxygen atoms in total. The van der Waals surface area contributed by atoms with Crippen LogP contribution in [0.5, 0.6) is 0 Å². The maximum absolute atomic E-state index is 10.1. The Morgan fingerprint density at radius 2 is 1.38 bits per heavy atom. The fourth-order valence-corrected chi connectivity index (χ4v) is 0.557. The zero-order valence-corrected chi connectivity index (χ0v) is 8.85. The van der Waals surface area contributed by atoms with Gasteiger partial charge in [0.25, 0.3) is 0 Å². The Morgan fingerprint density at radius 3 is 1.62 bits per heavy atom. The number of unbranched alkanes of at least 4 members (excludes halogenated alkanes) is 1. The van der Waals surface area contributed by atoms with Gasteiger partial charge in [0.05, 0.1) is 0 Å². The average Bonchev–Trinajstić information content (AvgIpc) is 2.18. The first-order chi connectivity index (χ1) is 7.32. The summed E-state index contributed by atoms with van der Waals surface area (Å²) in [6, 6.07) is 0. The predicted octanol–water partition coefficient (Wildman–Crippen LogP) is 0.933. The molecule has 4 N–H and O–H groups in total. The smallest absolute Gasteiger partial charge is 0.370 e. The van der Waals surface area contributed by atoms with Crippen molar-refractivity contribution in [1.29, 1.82) is 0 Å². The summed E-state index contributed by atoms with van der Waals surface area (Å²) in [5.74, 6) is -3.15. The highest BCUT2D eigenvalue weighted by molar-refractivity contribution is 5.85. The number of aliphatic hydroxyl groups excluding tert-OH is 2. The lowest BCUT2D eigenvalue weighted by atomic mass is 10.1. The second-order valence-corrected chi connectivity index (χ2v) is 2.84. The first-order valence-corrected chi connectivity index (χ1v) is 4.46. The van der Waals surface area contributed by atoms with E-state index in [1.165, 1.54) is 0 Å². The van der Waals surface area contributed by atoms with Gasteiger partial charge in [-0.1, -0.05) is 6.58 Å². The molecule has 0 bridgehead atoms. The second kappa shape index (κ2) is 9.72. The lowest BCUT2D eigenvalue weighted by Crippen LogP contribution is -1.98. The molecule has 0 fully saturated rings. The highest BCUT2D eigenvalue weighted by Gasteiger charge is 2.01. The van der Waals surface area contributed by atoms with Crippen LogP contribution in [-0.2, 0) is 9.59 Å². The topological polar surface area (TPSA) is 115 Å². The summed E-state index contributed by atoms with van der Waals surface area (Å²) >= 11 is 0. The molecule has 0 aliphatic rings. The van der Waals surface area contributed by atoms with E-state index in [1.54, 1.807) is 0 Å². The summed E-state index contributed by atoms with van der Waals surface area (Å²) in [6.45, 7) is 6.17. The van der Waals surface area contributed by atoms with Crippen molar-refractivity contribution in [2.75, 3.05) is 6.61 Å². The van der Waals surface area contributed by atoms with E-state index in [0.717, 1.165) is 0 Å². The number of hydrogen-bond donors (Lipinski definition) is 4. The predicted molar refractivity (Wildman–Crippen MR) is 57.1 cm³/mol. The van der Waals surface area contributed by atoms with Crippen LogP contribution in [0.2, 0.25) is 0 Å². The van der Waals surface area contributed by atoms with Crippen LogP contribution in [0, 0.1) is 0 Å². The Hall–Kier alpha value is -1.82. The number of aliphatic hydroxyl groups is 2. The summed E-state index contributed by atoms with van der Waals surface area (Å²) in [5, 5.41) is 32.1. The van der Waals surface area contributed by atoms with Crippen LogP contribution in [0.15, 0.2) is 24.5 Å². The first kappa shape index (κ1) is 16.6. The number of carboxylic acids is 2. The van der Waals surface area contributed by atoms with Gasteiger partial charge in [-0.05, 0) is 25.8 Å². The molecule has 0 aliphatic carbocycles. The standard InChI is InChI=1S/C7H12O3.C3H4O3/c1-6(7(9)10)4-2-3-5-8;1-2(4)3(5)6/h8H,1-5H2,(H,9,10);4H,1H2,(H,5,6). The highest BCUT2D eigenvalue weighted by Crippen LogP contribution is 2.03. The van der Waals surface area contributed by atoms with E-state index in [-0.39, 0.29) is 12.2 Å². The van der Waals surface area contributed by atoms with Crippen LogP contribution < -0.4 is 0 Å². The van der Waals surface area contributed by atoms with Crippen LogP contribution in [0.25, 0.3) is 0 Å². The van der Waals surface area contributed by atoms with Crippen molar-refractivity contribution in [1.82, 2.24) is 0 Å². The van der Waals surface area contributed by atoms with Crippen molar-refractivity contribution in [2.24, 2.45) is 0 Å². The summed E-state index contributed by atoms with van der Waals surface area (Å²) in [7, 11) is 0. The maximum Gasteiger partial charge on any atom is 0.370 e. The minimum absolute atomic E-state index is 0.118. The van der Waals surface area contributed by atoms with E-state index >= 15 is 0 Å². The van der Waals surface area contributed by atoms with Gasteiger partial charge >= 0.3 is 11.9 Å². The molecular weight excluding hydrogens is 216 g/mol. The second-order valence-electron chi connectivity index (χ2n) is 2.84. The van der Waals surface area contributed by atoms with Gasteiger partial charge in [-0.25, -0.2) is 9.59 Å². The summed E-state index contributed by atoms with van der Waals surface area (Å²) < 4.78 is 0. The monoisotopic (exact) mass is 232 g/mol. The Labute approximate surface area is 93.2 Å². The molecule has 0 rings (SSSR count). The third-order valence-electron chi connectivity index (χ3n) is 1.44. The zero-order chi connectivity index (χ0) is 13.1. The van der Waals surface area contributed by atoms with Gasteiger partial charge in [0.1, 0.15) is 0 Å². The van der Waals surface area contributed by atoms with Crippen molar-refractivity contribution in [3.8, 4) is 0 Å². The fourth-order valence-electron chi connectivity index (χ4n) is 0.557. The third-order valence-corrected chi connectivity index (χ3v) is 1.44. The maximum atomic E-state index is 10.1. The number of carboxylic acid groups (broad SMARTS) is 2. The molecule has 0 radical (unpaired) electrons. The van der Waals surface area contributed by atoms with Gasteiger partial charge in [0.15, 0.2) is 5.76 Å². The van der Waals surface area contributed by atoms with Crippen LogP contribution in [0.1, 0.15) is 19.3 Å². The van der Waals surface area contributed by atoms with Crippen molar-refractivity contribution in [3.05, 3.63) is 24.5 Å². The molecule has 16 heavy (non-hydrogen) atoms. The minimum atomic E-state index is -1.38. The molecule has 0 aromatic heterocycles. The van der Waals surface area contributed by atoms with Gasteiger partial charge in [-0.2, -0.15) is 0 Å². The van der Waals surface area contributed by atoms with E-state index in [9.17, 15) is 9.59 Å². The molecule has 0 heterocycles. The van der Waals surface area contributed by atoms with Crippen LogP contribution in [0.4, 0.5) is 0 Å². The van der Waals surface area contributed by atoms with Crippen molar-refractivity contribution in [3.63, 3.8) is 0 Å². The average molecular weight is 232 g/mol. The SMILES string of the molecule is C=C(CCCCO)C(=O)O.C=C(O)C(=O)O. The van der Waals surface area contributed by atoms with Gasteiger partial charge in [-0.15, -0.1) is 0 Å². The first-order valence-electron chi connectivity index (χ1n) is 4.46. The molecule has 6 heteroatoms. The summed E-state index contributed by atoms with van der Waals surface area (Å²) in [4.78, 5) is 19.5. The van der Waals surface area contributed by atoms with Crippen LogP contribution in [-0.4, -0.2) is 39.0 Å². The third kappa shape index (κ3) is 12.2. The van der Waals surface area contributed by atoms with Gasteiger partial charge in [-0.3, -0.25) is 0 Å². The highest BCUT2D eigenvalue weighted by atomic mass is 16.4. The molecule has 0 aromatic carbocycles. The Morgan fingerprint density at radius 1 is 0.938 bits per heavy atom. The van der Waals surface area contributed by atoms with Gasteiger partial charge in [0, 0.05) is 12.2 Å². The van der Waals surface area contributed by atoms with Crippen LogP contribution >= 0.6 is 0 Å². The van der Waals surface area contributed by atoms with Gasteiger partial charge in [0.2, 0.25) is 0 Å². The molecule has 0 aromatic rings. The van der Waals surface area contributed by atoms with Crippen LogP contribution in [0.3, 0.4) is 0 Å².